The molecule has 0 atom stereocenters. The third kappa shape index (κ3) is 5.03. The number of carbonyl (C=O) groups excluding carboxylic acids is 1. The highest BCUT2D eigenvalue weighted by molar-refractivity contribution is 7.12. The number of nitro groups is 1. The lowest BCUT2D eigenvalue weighted by atomic mass is 10.1. The van der Waals surface area contributed by atoms with Crippen LogP contribution in [0.25, 0.3) is 0 Å². The Morgan fingerprint density at radius 2 is 1.81 bits per heavy atom. The molecule has 0 aliphatic carbocycles. The molecule has 31 heavy (non-hydrogen) atoms. The smallest absolute Gasteiger partial charge is 0.292 e. The summed E-state index contributed by atoms with van der Waals surface area (Å²) in [6.07, 6.45) is 0.783. The Kier molecular flexibility index (Phi) is 6.47. The molecule has 4 rings (SSSR count). The van der Waals surface area contributed by atoms with Gasteiger partial charge in [0.25, 0.3) is 11.6 Å². The van der Waals surface area contributed by atoms with Crippen LogP contribution in [0, 0.1) is 10.1 Å². The molecule has 0 bridgehead atoms. The number of carbonyl (C=O) groups is 1. The normalized spacial score (nSPS) is 13.8. The standard InChI is InChI=1S/C23H24N4O3S/c28-23(22-7-4-16-31-22)26-14-12-25(13-15-26)19-8-9-21(27(29)30)20(17-19)24-11-10-18-5-2-1-3-6-18/h1-9,16-17,24H,10-15H2. The number of benzene rings is 2. The molecule has 1 N–H and O–H groups in total. The van der Waals surface area contributed by atoms with Crippen LogP contribution in [0.3, 0.4) is 0 Å². The molecule has 1 aliphatic heterocycles. The summed E-state index contributed by atoms with van der Waals surface area (Å²) in [6, 6.07) is 19.0. The molecule has 1 aromatic heterocycles. The molecule has 1 fully saturated rings. The van der Waals surface area contributed by atoms with E-state index in [1.165, 1.54) is 16.9 Å². The Labute approximate surface area is 185 Å². The van der Waals surface area contributed by atoms with Crippen LogP contribution in [0.15, 0.2) is 66.0 Å². The van der Waals surface area contributed by atoms with E-state index in [9.17, 15) is 14.9 Å². The minimum absolute atomic E-state index is 0.0709. The monoisotopic (exact) mass is 436 g/mol. The molecule has 7 nitrogen and oxygen atoms in total. The number of piperazine rings is 1. The summed E-state index contributed by atoms with van der Waals surface area (Å²) in [5, 5.41) is 16.6. The third-order valence-corrected chi connectivity index (χ3v) is 6.27. The van der Waals surface area contributed by atoms with Crippen molar-refractivity contribution in [2.75, 3.05) is 42.9 Å². The summed E-state index contributed by atoms with van der Waals surface area (Å²) in [4.78, 5) is 28.5. The highest BCUT2D eigenvalue weighted by Crippen LogP contribution is 2.30. The van der Waals surface area contributed by atoms with E-state index in [4.69, 9.17) is 0 Å². The largest absolute Gasteiger partial charge is 0.379 e. The summed E-state index contributed by atoms with van der Waals surface area (Å²) in [5.74, 6) is 0.0709. The predicted octanol–water partition coefficient (Wildman–Crippen LogP) is 4.27. The van der Waals surface area contributed by atoms with Crippen molar-refractivity contribution in [3.63, 3.8) is 0 Å². The molecule has 1 amide bonds. The molecule has 0 spiro atoms. The molecular weight excluding hydrogens is 412 g/mol. The zero-order valence-electron chi connectivity index (χ0n) is 17.1. The van der Waals surface area contributed by atoms with E-state index in [1.54, 1.807) is 12.1 Å². The maximum absolute atomic E-state index is 12.5. The third-order valence-electron chi connectivity index (χ3n) is 5.41. The summed E-state index contributed by atoms with van der Waals surface area (Å²) < 4.78 is 0. The molecule has 0 saturated carbocycles. The number of nitrogens with one attached hydrogen (secondary N) is 1. The number of hydrogen-bond acceptors (Lipinski definition) is 6. The minimum Gasteiger partial charge on any atom is -0.379 e. The number of thiophene rings is 1. The lowest BCUT2D eigenvalue weighted by molar-refractivity contribution is -0.383. The van der Waals surface area contributed by atoms with Crippen LogP contribution in [0.1, 0.15) is 15.2 Å². The first-order chi connectivity index (χ1) is 15.1. The lowest BCUT2D eigenvalue weighted by Crippen LogP contribution is -2.48. The molecule has 1 aliphatic rings. The second kappa shape index (κ2) is 9.61. The molecule has 1 saturated heterocycles. The summed E-state index contributed by atoms with van der Waals surface area (Å²) in [5.41, 5.74) is 2.70. The molecule has 3 aromatic rings. The van der Waals surface area contributed by atoms with Gasteiger partial charge < -0.3 is 15.1 Å². The van der Waals surface area contributed by atoms with E-state index in [0.29, 0.717) is 38.4 Å². The van der Waals surface area contributed by atoms with Gasteiger partial charge in [0.1, 0.15) is 5.69 Å². The van der Waals surface area contributed by atoms with Gasteiger partial charge in [-0.05, 0) is 35.6 Å². The summed E-state index contributed by atoms with van der Waals surface area (Å²) in [6.45, 7) is 3.25. The van der Waals surface area contributed by atoms with Crippen molar-refractivity contribution in [3.8, 4) is 0 Å². The Balaban J connectivity index is 1.41. The van der Waals surface area contributed by atoms with Crippen molar-refractivity contribution < 1.29 is 9.72 Å². The van der Waals surface area contributed by atoms with Gasteiger partial charge in [-0.1, -0.05) is 36.4 Å². The molecular formula is C23H24N4O3S. The van der Waals surface area contributed by atoms with Crippen molar-refractivity contribution in [2.45, 2.75) is 6.42 Å². The number of nitro benzene ring substituents is 1. The second-order valence-electron chi connectivity index (χ2n) is 7.38. The van der Waals surface area contributed by atoms with E-state index in [-0.39, 0.29) is 16.5 Å². The number of hydrogen-bond donors (Lipinski definition) is 1. The van der Waals surface area contributed by atoms with Crippen LogP contribution in [-0.4, -0.2) is 48.5 Å². The van der Waals surface area contributed by atoms with Crippen LogP contribution in [-0.2, 0) is 6.42 Å². The van der Waals surface area contributed by atoms with Crippen LogP contribution < -0.4 is 10.2 Å². The van der Waals surface area contributed by atoms with Crippen molar-refractivity contribution in [2.24, 2.45) is 0 Å². The number of amides is 1. The van der Waals surface area contributed by atoms with E-state index in [1.807, 2.05) is 58.8 Å². The van der Waals surface area contributed by atoms with Gasteiger partial charge >= 0.3 is 0 Å². The van der Waals surface area contributed by atoms with Crippen molar-refractivity contribution in [3.05, 3.63) is 86.6 Å². The Bertz CT molecular complexity index is 1030. The Morgan fingerprint density at radius 3 is 2.48 bits per heavy atom. The lowest BCUT2D eigenvalue weighted by Gasteiger charge is -2.36. The van der Waals surface area contributed by atoms with Gasteiger partial charge in [-0.15, -0.1) is 11.3 Å². The molecule has 2 aromatic carbocycles. The average molecular weight is 437 g/mol. The summed E-state index contributed by atoms with van der Waals surface area (Å²) >= 11 is 1.46. The van der Waals surface area contributed by atoms with E-state index in [0.717, 1.165) is 17.0 Å². The zero-order chi connectivity index (χ0) is 21.6. The van der Waals surface area contributed by atoms with E-state index in [2.05, 4.69) is 10.2 Å². The average Bonchev–Trinajstić information content (AvgIpc) is 3.34. The number of anilines is 2. The minimum atomic E-state index is -0.355. The first kappa shape index (κ1) is 20.9. The van der Waals surface area contributed by atoms with Gasteiger partial charge in [-0.2, -0.15) is 0 Å². The van der Waals surface area contributed by atoms with Gasteiger partial charge in [0.15, 0.2) is 0 Å². The second-order valence-corrected chi connectivity index (χ2v) is 8.33. The van der Waals surface area contributed by atoms with Gasteiger partial charge in [0.2, 0.25) is 0 Å². The van der Waals surface area contributed by atoms with E-state index >= 15 is 0 Å². The quantitative estimate of drug-likeness (QED) is 0.442. The molecule has 2 heterocycles. The van der Waals surface area contributed by atoms with Crippen LogP contribution in [0.5, 0.6) is 0 Å². The molecule has 0 unspecified atom stereocenters. The SMILES string of the molecule is O=C(c1cccs1)N1CCN(c2ccc([N+](=O)[O-])c(NCCc3ccccc3)c2)CC1. The fourth-order valence-corrected chi connectivity index (χ4v) is 4.42. The highest BCUT2D eigenvalue weighted by Gasteiger charge is 2.24. The molecule has 8 heteroatoms. The highest BCUT2D eigenvalue weighted by atomic mass is 32.1. The van der Waals surface area contributed by atoms with Crippen molar-refractivity contribution >= 4 is 34.3 Å². The Hall–Kier alpha value is -3.39. The fourth-order valence-electron chi connectivity index (χ4n) is 3.73. The van der Waals surface area contributed by atoms with E-state index < -0.39 is 0 Å². The van der Waals surface area contributed by atoms with Crippen LogP contribution >= 0.6 is 11.3 Å². The van der Waals surface area contributed by atoms with Gasteiger partial charge in [-0.25, -0.2) is 0 Å². The van der Waals surface area contributed by atoms with Crippen molar-refractivity contribution in [1.82, 2.24) is 4.90 Å². The maximum atomic E-state index is 12.5. The number of nitrogens with zero attached hydrogens (tertiary/aromatic N) is 3. The van der Waals surface area contributed by atoms with Crippen LogP contribution in [0.4, 0.5) is 17.1 Å². The summed E-state index contributed by atoms with van der Waals surface area (Å²) in [7, 11) is 0. The van der Waals surface area contributed by atoms with Crippen LogP contribution in [0.2, 0.25) is 0 Å². The van der Waals surface area contributed by atoms with Crippen molar-refractivity contribution in [1.29, 1.82) is 0 Å². The van der Waals surface area contributed by atoms with Gasteiger partial charge in [0.05, 0.1) is 9.80 Å². The topological polar surface area (TPSA) is 78.7 Å². The molecule has 160 valence electrons. The molecule has 0 radical (unpaired) electrons. The van der Waals surface area contributed by atoms with Gasteiger partial charge in [-0.3, -0.25) is 14.9 Å². The maximum Gasteiger partial charge on any atom is 0.292 e. The zero-order valence-corrected chi connectivity index (χ0v) is 17.9. The van der Waals surface area contributed by atoms with Gasteiger partial charge in [0, 0.05) is 44.5 Å². The number of rotatable bonds is 7. The predicted molar refractivity (Wildman–Crippen MR) is 124 cm³/mol. The fraction of sp³-hybridized carbons (Fsp3) is 0.261. The first-order valence-corrected chi connectivity index (χ1v) is 11.1. The first-order valence-electron chi connectivity index (χ1n) is 10.3. The Morgan fingerprint density at radius 1 is 1.03 bits per heavy atom.